The Kier molecular flexibility index (Phi) is 5.37. The van der Waals surface area contributed by atoms with Crippen LogP contribution in [0.15, 0.2) is 24.3 Å². The highest BCUT2D eigenvalue weighted by atomic mass is 16.5. The summed E-state index contributed by atoms with van der Waals surface area (Å²) >= 11 is 0. The molecule has 0 spiro atoms. The highest BCUT2D eigenvalue weighted by Crippen LogP contribution is 2.19. The fourth-order valence-electron chi connectivity index (χ4n) is 2.81. The van der Waals surface area contributed by atoms with Crippen LogP contribution in [0.3, 0.4) is 0 Å². The van der Waals surface area contributed by atoms with Crippen molar-refractivity contribution in [3.8, 4) is 0 Å². The van der Waals surface area contributed by atoms with Gasteiger partial charge < -0.3 is 10.5 Å². The Morgan fingerprint density at radius 2 is 2.05 bits per heavy atom. The summed E-state index contributed by atoms with van der Waals surface area (Å²) in [7, 11) is 0. The van der Waals surface area contributed by atoms with E-state index in [1.54, 1.807) is 0 Å². The largest absolute Gasteiger partial charge is 0.376 e. The molecule has 106 valence electrons. The molecule has 0 saturated carbocycles. The smallest absolute Gasteiger partial charge is 0.0674 e. The Balaban J connectivity index is 2.10. The van der Waals surface area contributed by atoms with Crippen molar-refractivity contribution in [2.75, 3.05) is 19.7 Å². The number of rotatable bonds is 5. The molecule has 0 radical (unpaired) electrons. The van der Waals surface area contributed by atoms with E-state index in [9.17, 15) is 0 Å². The van der Waals surface area contributed by atoms with Gasteiger partial charge in [0.05, 0.1) is 12.7 Å². The zero-order chi connectivity index (χ0) is 13.7. The van der Waals surface area contributed by atoms with Crippen LogP contribution in [0.4, 0.5) is 0 Å². The fraction of sp³-hybridized carbons (Fsp3) is 0.625. The van der Waals surface area contributed by atoms with Crippen LogP contribution in [0, 0.1) is 0 Å². The van der Waals surface area contributed by atoms with Gasteiger partial charge >= 0.3 is 0 Å². The first-order valence-corrected chi connectivity index (χ1v) is 7.37. The van der Waals surface area contributed by atoms with Crippen molar-refractivity contribution >= 4 is 0 Å². The molecule has 19 heavy (non-hydrogen) atoms. The monoisotopic (exact) mass is 262 g/mol. The molecule has 1 heterocycles. The molecule has 1 aliphatic rings. The quantitative estimate of drug-likeness (QED) is 0.884. The van der Waals surface area contributed by atoms with Gasteiger partial charge in [0, 0.05) is 19.1 Å². The molecule has 2 atom stereocenters. The molecule has 0 aliphatic carbocycles. The number of ether oxygens (including phenoxy) is 1. The first kappa shape index (κ1) is 14.5. The van der Waals surface area contributed by atoms with Crippen molar-refractivity contribution in [3.63, 3.8) is 0 Å². The molecule has 0 amide bonds. The molecule has 2 N–H and O–H groups in total. The summed E-state index contributed by atoms with van der Waals surface area (Å²) in [4.78, 5) is 2.56. The third kappa shape index (κ3) is 3.78. The number of hydrogen-bond acceptors (Lipinski definition) is 3. The highest BCUT2D eigenvalue weighted by molar-refractivity contribution is 5.27. The minimum absolute atomic E-state index is 0.337. The third-order valence-electron chi connectivity index (χ3n) is 3.96. The Bertz CT molecular complexity index is 394. The van der Waals surface area contributed by atoms with E-state index in [1.807, 2.05) is 0 Å². The summed E-state index contributed by atoms with van der Waals surface area (Å²) in [6, 6.07) is 9.21. The van der Waals surface area contributed by atoms with Crippen LogP contribution < -0.4 is 5.73 Å². The van der Waals surface area contributed by atoms with E-state index >= 15 is 0 Å². The molecule has 1 saturated heterocycles. The predicted octanol–water partition coefficient (Wildman–Crippen LogP) is 2.19. The Morgan fingerprint density at radius 1 is 1.32 bits per heavy atom. The van der Waals surface area contributed by atoms with Gasteiger partial charge in [-0.2, -0.15) is 0 Å². The standard InChI is InChI=1S/C16H26N2O/c1-3-16-12-19-13(2)10-18(16)11-15-7-5-4-6-14(15)8-9-17/h4-7,13,16H,3,8-12,17H2,1-2H3. The summed E-state index contributed by atoms with van der Waals surface area (Å²) in [6.07, 6.45) is 2.45. The lowest BCUT2D eigenvalue weighted by Crippen LogP contribution is -2.48. The normalized spacial score (nSPS) is 24.6. The molecule has 0 aromatic heterocycles. The number of nitrogens with two attached hydrogens (primary N) is 1. The number of benzene rings is 1. The van der Waals surface area contributed by atoms with Gasteiger partial charge in [0.2, 0.25) is 0 Å². The first-order chi connectivity index (χ1) is 9.24. The SMILES string of the molecule is CCC1COC(C)CN1Cc1ccccc1CCN. The van der Waals surface area contributed by atoms with Crippen LogP contribution in [0.5, 0.6) is 0 Å². The minimum Gasteiger partial charge on any atom is -0.376 e. The van der Waals surface area contributed by atoms with E-state index in [0.717, 1.165) is 32.5 Å². The van der Waals surface area contributed by atoms with E-state index < -0.39 is 0 Å². The van der Waals surface area contributed by atoms with E-state index in [2.05, 4.69) is 43.0 Å². The van der Waals surface area contributed by atoms with Crippen LogP contribution in [-0.2, 0) is 17.7 Å². The van der Waals surface area contributed by atoms with Crippen LogP contribution in [-0.4, -0.2) is 36.7 Å². The highest BCUT2D eigenvalue weighted by Gasteiger charge is 2.25. The van der Waals surface area contributed by atoms with Gasteiger partial charge in [0.25, 0.3) is 0 Å². The Hall–Kier alpha value is -0.900. The number of nitrogens with zero attached hydrogens (tertiary/aromatic N) is 1. The van der Waals surface area contributed by atoms with E-state index in [-0.39, 0.29) is 0 Å². The Labute approximate surface area is 116 Å². The van der Waals surface area contributed by atoms with Gasteiger partial charge in [-0.1, -0.05) is 31.2 Å². The maximum Gasteiger partial charge on any atom is 0.0674 e. The molecule has 1 aromatic carbocycles. The molecule has 3 heteroatoms. The van der Waals surface area contributed by atoms with Crippen molar-refractivity contribution in [3.05, 3.63) is 35.4 Å². The average molecular weight is 262 g/mol. The zero-order valence-corrected chi connectivity index (χ0v) is 12.1. The summed E-state index contributed by atoms with van der Waals surface area (Å²) in [6.45, 7) is 8.01. The van der Waals surface area contributed by atoms with Crippen molar-refractivity contribution < 1.29 is 4.74 Å². The Morgan fingerprint density at radius 3 is 2.74 bits per heavy atom. The molecule has 1 aromatic rings. The molecule has 0 bridgehead atoms. The van der Waals surface area contributed by atoms with Gasteiger partial charge in [0.15, 0.2) is 0 Å². The number of hydrogen-bond donors (Lipinski definition) is 1. The molecule has 1 aliphatic heterocycles. The maximum atomic E-state index is 5.77. The lowest BCUT2D eigenvalue weighted by atomic mass is 10.0. The summed E-state index contributed by atoms with van der Waals surface area (Å²) in [5.41, 5.74) is 8.51. The molecule has 2 unspecified atom stereocenters. The van der Waals surface area contributed by atoms with Gasteiger partial charge in [-0.05, 0) is 37.4 Å². The van der Waals surface area contributed by atoms with E-state index in [4.69, 9.17) is 10.5 Å². The predicted molar refractivity (Wildman–Crippen MR) is 79.1 cm³/mol. The van der Waals surface area contributed by atoms with Gasteiger partial charge in [0.1, 0.15) is 0 Å². The second-order valence-electron chi connectivity index (χ2n) is 5.44. The second kappa shape index (κ2) is 7.04. The summed E-state index contributed by atoms with van der Waals surface area (Å²) < 4.78 is 5.77. The minimum atomic E-state index is 0.337. The van der Waals surface area contributed by atoms with Crippen LogP contribution in [0.25, 0.3) is 0 Å². The number of morpholine rings is 1. The maximum absolute atomic E-state index is 5.77. The van der Waals surface area contributed by atoms with Crippen molar-refractivity contribution in [2.45, 2.75) is 45.4 Å². The van der Waals surface area contributed by atoms with Gasteiger partial charge in [-0.15, -0.1) is 0 Å². The van der Waals surface area contributed by atoms with E-state index in [1.165, 1.54) is 11.1 Å². The molecular weight excluding hydrogens is 236 g/mol. The van der Waals surface area contributed by atoms with Crippen LogP contribution >= 0.6 is 0 Å². The zero-order valence-electron chi connectivity index (χ0n) is 12.1. The second-order valence-corrected chi connectivity index (χ2v) is 5.44. The van der Waals surface area contributed by atoms with E-state index in [0.29, 0.717) is 18.7 Å². The van der Waals surface area contributed by atoms with Crippen molar-refractivity contribution in [1.82, 2.24) is 4.90 Å². The van der Waals surface area contributed by atoms with Crippen molar-refractivity contribution in [1.29, 1.82) is 0 Å². The molecule has 1 fully saturated rings. The van der Waals surface area contributed by atoms with Crippen LogP contribution in [0.2, 0.25) is 0 Å². The van der Waals surface area contributed by atoms with Crippen LogP contribution in [0.1, 0.15) is 31.4 Å². The van der Waals surface area contributed by atoms with Gasteiger partial charge in [-0.25, -0.2) is 0 Å². The first-order valence-electron chi connectivity index (χ1n) is 7.37. The summed E-state index contributed by atoms with van der Waals surface area (Å²) in [5, 5.41) is 0. The third-order valence-corrected chi connectivity index (χ3v) is 3.96. The average Bonchev–Trinajstić information content (AvgIpc) is 2.42. The fourth-order valence-corrected chi connectivity index (χ4v) is 2.81. The van der Waals surface area contributed by atoms with Gasteiger partial charge in [-0.3, -0.25) is 4.90 Å². The van der Waals surface area contributed by atoms with Crippen molar-refractivity contribution in [2.24, 2.45) is 5.73 Å². The molecule has 2 rings (SSSR count). The molecular formula is C16H26N2O. The lowest BCUT2D eigenvalue weighted by molar-refractivity contribution is -0.0592. The summed E-state index contributed by atoms with van der Waals surface area (Å²) in [5.74, 6) is 0. The molecule has 3 nitrogen and oxygen atoms in total. The lowest BCUT2D eigenvalue weighted by Gasteiger charge is -2.38. The topological polar surface area (TPSA) is 38.5 Å².